The zero-order chi connectivity index (χ0) is 22.3. The number of hydrogen-bond acceptors (Lipinski definition) is 0. The van der Waals surface area contributed by atoms with E-state index >= 15 is 0 Å². The molecular formula is C26H62Mg5. The maximum absolute atomic E-state index is 2.31. The molecule has 0 N–H and O–H groups in total. The minimum Gasteiger partial charge on any atom is -0.149 e. The lowest BCUT2D eigenvalue weighted by molar-refractivity contribution is 0.689. The van der Waals surface area contributed by atoms with Crippen LogP contribution in [0.3, 0.4) is 0 Å². The molecule has 0 aliphatic rings. The zero-order valence-electron chi connectivity index (χ0n) is 22.3. The molecule has 31 heavy (non-hydrogen) atoms. The first kappa shape index (κ1) is 44.8. The van der Waals surface area contributed by atoms with Gasteiger partial charge in [0.05, 0.1) is 0 Å². The second kappa shape index (κ2) is 50.7. The summed E-state index contributed by atoms with van der Waals surface area (Å²) in [6, 6.07) is 0. The van der Waals surface area contributed by atoms with Crippen molar-refractivity contribution in [1.82, 2.24) is 0 Å². The molecule has 0 amide bonds. The molecule has 0 spiro atoms. The zero-order valence-corrected chi connectivity index (χ0v) is 26.5. The molecule has 0 saturated carbocycles. The topological polar surface area (TPSA) is 0 Å². The van der Waals surface area contributed by atoms with Gasteiger partial charge in [0, 0.05) is 0 Å². The monoisotopic (exact) mass is 494 g/mol. The smallest absolute Gasteiger partial charge is 0.149 e. The third kappa shape index (κ3) is 60.4. The third-order valence-corrected chi connectivity index (χ3v) is 11.3. The van der Waals surface area contributed by atoms with E-state index < -0.39 is 0 Å². The predicted molar refractivity (Wildman–Crippen MR) is 162 cm³/mol. The number of rotatable bonds is 20. The van der Waals surface area contributed by atoms with E-state index in [-0.39, 0.29) is 46.1 Å². The van der Waals surface area contributed by atoms with Gasteiger partial charge >= 0.3 is 107 Å². The number of hydrogen-bond donors (Lipinski definition) is 0. The largest absolute Gasteiger partial charge is 0.364 e. The quantitative estimate of drug-likeness (QED) is 0.117. The average molecular weight is 496 g/mol. The van der Waals surface area contributed by atoms with Gasteiger partial charge in [0.15, 0.2) is 0 Å². The number of unbranched alkanes of at least 4 members (excludes halogenated alkanes) is 9. The Labute approximate surface area is 262 Å². The Kier molecular flexibility index (Phi) is 73.2. The lowest BCUT2D eigenvalue weighted by Crippen LogP contribution is -1.89. The Morgan fingerprint density at radius 1 is 0.323 bits per heavy atom. The molecule has 0 aliphatic carbocycles. The van der Waals surface area contributed by atoms with Crippen molar-refractivity contribution in [2.24, 2.45) is 0 Å². The van der Waals surface area contributed by atoms with Crippen LogP contribution in [0.2, 0.25) is 27.3 Å². The minimum absolute atomic E-state index is 0. The van der Waals surface area contributed by atoms with E-state index in [1.165, 1.54) is 94.4 Å². The Morgan fingerprint density at radius 2 is 0.613 bits per heavy atom. The highest BCUT2D eigenvalue weighted by Gasteiger charge is 1.95. The van der Waals surface area contributed by atoms with E-state index in [9.17, 15) is 0 Å². The summed E-state index contributed by atoms with van der Waals surface area (Å²) in [7, 11) is 0. The maximum Gasteiger partial charge on any atom is 0.364 e. The van der Waals surface area contributed by atoms with Gasteiger partial charge in [0.25, 0.3) is 0 Å². The Morgan fingerprint density at radius 3 is 0.903 bits per heavy atom. The fourth-order valence-electron chi connectivity index (χ4n) is 3.44. The van der Waals surface area contributed by atoms with Crippen LogP contribution in [0.4, 0.5) is 0 Å². The van der Waals surface area contributed by atoms with Gasteiger partial charge in [-0.2, -0.15) is 0 Å². The fraction of sp³-hybridized carbons (Fsp3) is 1.00. The summed E-state index contributed by atoms with van der Waals surface area (Å²) in [5.41, 5.74) is 0. The van der Waals surface area contributed by atoms with Crippen LogP contribution in [0.1, 0.15) is 131 Å². The molecule has 0 aromatic carbocycles. The van der Waals surface area contributed by atoms with Gasteiger partial charge in [0.1, 0.15) is 0 Å². The van der Waals surface area contributed by atoms with E-state index in [0.29, 0.717) is 61.1 Å². The van der Waals surface area contributed by atoms with Crippen molar-refractivity contribution in [1.29, 1.82) is 0 Å². The summed E-state index contributed by atoms with van der Waals surface area (Å²) >= 11 is 1.16. The summed E-state index contributed by atoms with van der Waals surface area (Å²) in [5, 5.41) is 0. The van der Waals surface area contributed by atoms with Crippen molar-refractivity contribution in [2.75, 3.05) is 0 Å². The van der Waals surface area contributed by atoms with Gasteiger partial charge in [-0.3, -0.25) is 0 Å². The van der Waals surface area contributed by atoms with Crippen molar-refractivity contribution < 1.29 is 0 Å². The summed E-state index contributed by atoms with van der Waals surface area (Å²) in [6.07, 6.45) is 20.4. The van der Waals surface area contributed by atoms with Gasteiger partial charge in [-0.05, 0) is 0 Å². The lowest BCUT2D eigenvalue weighted by atomic mass is 10.2. The van der Waals surface area contributed by atoms with Gasteiger partial charge in [-0.15, -0.1) is 27.3 Å². The lowest BCUT2D eigenvalue weighted by Gasteiger charge is -1.99. The first-order chi connectivity index (χ1) is 14.2. The highest BCUT2D eigenvalue weighted by atomic mass is 24.5. The van der Waals surface area contributed by atoms with Crippen molar-refractivity contribution in [2.45, 2.75) is 159 Å². The van der Waals surface area contributed by atoms with Crippen LogP contribution in [-0.2, 0) is 0 Å². The molecule has 0 aromatic heterocycles. The molecule has 0 rings (SSSR count). The second-order valence-corrected chi connectivity index (χ2v) is 15.7. The van der Waals surface area contributed by atoms with Crippen LogP contribution in [0.25, 0.3) is 0 Å². The van der Waals surface area contributed by atoms with Crippen LogP contribution >= 0.6 is 0 Å². The van der Waals surface area contributed by atoms with Crippen LogP contribution in [0.15, 0.2) is 0 Å². The Hall–Kier alpha value is 3.83. The molecule has 0 bridgehead atoms. The highest BCUT2D eigenvalue weighted by molar-refractivity contribution is 6.35. The molecule has 0 aromatic rings. The van der Waals surface area contributed by atoms with E-state index in [4.69, 9.17) is 0 Å². The minimum atomic E-state index is 0. The summed E-state index contributed by atoms with van der Waals surface area (Å²) in [4.78, 5) is 0. The van der Waals surface area contributed by atoms with E-state index in [2.05, 4.69) is 41.5 Å². The van der Waals surface area contributed by atoms with Crippen LogP contribution in [0.5, 0.6) is 0 Å². The SMILES string of the molecule is CCCCC[CH2][Mg][CH2]CCCCC.CCC[CH2][Mg][CH2]C.CCC[CH2][Mg][CH2]CCC.[MgH2].[MgH2]. The normalized spacial score (nSPS) is 8.71. The summed E-state index contributed by atoms with van der Waals surface area (Å²) in [6.45, 7) is 13.7. The van der Waals surface area contributed by atoms with Crippen molar-refractivity contribution >= 4 is 107 Å². The van der Waals surface area contributed by atoms with E-state index in [1.807, 2.05) is 0 Å². The van der Waals surface area contributed by atoms with E-state index in [1.54, 1.807) is 22.8 Å². The van der Waals surface area contributed by atoms with Crippen LogP contribution in [0, 0.1) is 0 Å². The van der Waals surface area contributed by atoms with Gasteiger partial charge in [0.2, 0.25) is 0 Å². The Bertz CT molecular complexity index is 208. The molecule has 176 valence electrons. The standard InChI is InChI=1S/2C6H13.3C4H9.C2H5.5Mg.4H/c2*1-3-5-6-4-2;3*1-3-4-2;1-2;;;;;;;;;/h2*1,3-6H2,2H3;3*1,3-4H2,2H3;1H2,2H3;;;;;;;;;. The molecule has 5 heteroatoms. The van der Waals surface area contributed by atoms with Gasteiger partial charge in [-0.1, -0.05) is 131 Å². The van der Waals surface area contributed by atoms with Crippen molar-refractivity contribution in [3.05, 3.63) is 0 Å². The molecular weight excluding hydrogens is 434 g/mol. The van der Waals surface area contributed by atoms with Crippen molar-refractivity contribution in [3.63, 3.8) is 0 Å². The molecule has 0 atom stereocenters. The van der Waals surface area contributed by atoms with E-state index in [0.717, 1.165) is 0 Å². The molecule has 0 radical (unpaired) electrons. The second-order valence-electron chi connectivity index (χ2n) is 9.01. The molecule has 0 unspecified atom stereocenters. The molecule has 0 heterocycles. The fourth-order valence-corrected chi connectivity index (χ4v) is 8.63. The third-order valence-electron chi connectivity index (χ3n) is 5.62. The maximum atomic E-state index is 2.31. The molecule has 0 nitrogen and oxygen atoms in total. The van der Waals surface area contributed by atoms with Crippen LogP contribution in [-0.4, -0.2) is 107 Å². The Balaban J connectivity index is -0.000000111. The average Bonchev–Trinajstić information content (AvgIpc) is 2.74. The molecule has 0 fully saturated rings. The first-order valence-corrected chi connectivity index (χ1v) is 20.2. The summed E-state index contributed by atoms with van der Waals surface area (Å²) in [5.74, 6) is 0. The van der Waals surface area contributed by atoms with Crippen LogP contribution < -0.4 is 0 Å². The first-order valence-electron chi connectivity index (χ1n) is 14.2. The van der Waals surface area contributed by atoms with Crippen molar-refractivity contribution in [3.8, 4) is 0 Å². The highest BCUT2D eigenvalue weighted by Crippen LogP contribution is 2.07. The van der Waals surface area contributed by atoms with Gasteiger partial charge < -0.3 is 0 Å². The molecule has 0 saturated heterocycles. The predicted octanol–water partition coefficient (Wildman–Crippen LogP) is 8.33. The molecule has 0 aliphatic heterocycles. The summed E-state index contributed by atoms with van der Waals surface area (Å²) < 4.78 is 9.50. The van der Waals surface area contributed by atoms with Gasteiger partial charge in [-0.25, -0.2) is 0 Å².